The van der Waals surface area contributed by atoms with E-state index in [-0.39, 0.29) is 0 Å². The highest BCUT2D eigenvalue weighted by atomic mass is 15.0. The van der Waals surface area contributed by atoms with Crippen LogP contribution in [0.1, 0.15) is 0 Å². The van der Waals surface area contributed by atoms with E-state index in [0.717, 1.165) is 38.8 Å². The molecule has 10 aromatic rings. The smallest absolute Gasteiger partial charge is 0.164 e. The van der Waals surface area contributed by atoms with Crippen LogP contribution >= 0.6 is 0 Å². The van der Waals surface area contributed by atoms with Gasteiger partial charge < -0.3 is 0 Å². The van der Waals surface area contributed by atoms with Gasteiger partial charge in [0.2, 0.25) is 0 Å². The van der Waals surface area contributed by atoms with Gasteiger partial charge in [-0.25, -0.2) is 15.0 Å². The van der Waals surface area contributed by atoms with Gasteiger partial charge in [0.25, 0.3) is 0 Å². The molecule has 0 bridgehead atoms. The number of rotatable bonds is 7. The van der Waals surface area contributed by atoms with Gasteiger partial charge >= 0.3 is 0 Å². The number of benzene rings is 9. The number of nitrogens with zero attached hydrogens (tertiary/aromatic N) is 3. The van der Waals surface area contributed by atoms with Gasteiger partial charge in [-0.2, -0.15) is 0 Å². The molecule has 0 unspecified atom stereocenters. The van der Waals surface area contributed by atoms with E-state index in [0.29, 0.717) is 17.5 Å². The summed E-state index contributed by atoms with van der Waals surface area (Å²) in [5.74, 6) is 1.89. The van der Waals surface area contributed by atoms with Crippen molar-refractivity contribution in [2.75, 3.05) is 0 Å². The monoisotopic (exact) mass is 713 g/mol. The molecule has 10 rings (SSSR count). The molecule has 56 heavy (non-hydrogen) atoms. The van der Waals surface area contributed by atoms with Crippen LogP contribution < -0.4 is 0 Å². The fraction of sp³-hybridized carbons (Fsp3) is 0. The van der Waals surface area contributed by atoms with Crippen LogP contribution in [0.4, 0.5) is 0 Å². The Bertz CT molecular complexity index is 2990. The third-order valence-electron chi connectivity index (χ3n) is 10.6. The maximum Gasteiger partial charge on any atom is 0.164 e. The predicted octanol–water partition coefficient (Wildman–Crippen LogP) is 13.8. The van der Waals surface area contributed by atoms with E-state index in [2.05, 4.69) is 200 Å². The van der Waals surface area contributed by atoms with E-state index in [1.807, 2.05) is 12.1 Å². The summed E-state index contributed by atoms with van der Waals surface area (Å²) in [4.78, 5) is 15.5. The van der Waals surface area contributed by atoms with Crippen molar-refractivity contribution in [3.05, 3.63) is 212 Å². The molecule has 3 nitrogen and oxygen atoms in total. The fourth-order valence-corrected chi connectivity index (χ4v) is 7.63. The number of hydrogen-bond donors (Lipinski definition) is 0. The van der Waals surface area contributed by atoms with Crippen molar-refractivity contribution in [2.24, 2.45) is 0 Å². The quantitative estimate of drug-likeness (QED) is 0.165. The molecule has 1 aromatic heterocycles. The van der Waals surface area contributed by atoms with Crippen molar-refractivity contribution in [1.29, 1.82) is 0 Å². The lowest BCUT2D eigenvalue weighted by molar-refractivity contribution is 1.07. The maximum absolute atomic E-state index is 5.20. The van der Waals surface area contributed by atoms with Crippen LogP contribution in [0.5, 0.6) is 0 Å². The Hall–Kier alpha value is -7.49. The second-order valence-electron chi connectivity index (χ2n) is 14.0. The normalized spacial score (nSPS) is 11.2. The predicted molar refractivity (Wildman–Crippen MR) is 233 cm³/mol. The molecule has 0 spiro atoms. The molecule has 0 N–H and O–H groups in total. The van der Waals surface area contributed by atoms with Gasteiger partial charge in [-0.3, -0.25) is 0 Å². The van der Waals surface area contributed by atoms with Crippen LogP contribution in [0.2, 0.25) is 0 Å². The van der Waals surface area contributed by atoms with Gasteiger partial charge in [-0.1, -0.05) is 200 Å². The van der Waals surface area contributed by atoms with E-state index in [4.69, 9.17) is 15.0 Å². The van der Waals surface area contributed by atoms with Crippen LogP contribution in [0.3, 0.4) is 0 Å². The lowest BCUT2D eigenvalue weighted by Crippen LogP contribution is -2.01. The van der Waals surface area contributed by atoms with Crippen LogP contribution in [-0.4, -0.2) is 15.0 Å². The lowest BCUT2D eigenvalue weighted by atomic mass is 9.94. The summed E-state index contributed by atoms with van der Waals surface area (Å²) in [7, 11) is 0. The molecule has 0 aliphatic heterocycles. The molecular weight excluding hydrogens is 679 g/mol. The number of fused-ring (bicyclic) bond motifs is 2. The molecule has 0 fully saturated rings. The molecule has 9 aromatic carbocycles. The Morgan fingerprint density at radius 2 is 0.643 bits per heavy atom. The summed E-state index contributed by atoms with van der Waals surface area (Å²) in [6, 6.07) is 74.8. The highest BCUT2D eigenvalue weighted by Crippen LogP contribution is 2.36. The Balaban J connectivity index is 1.07. The van der Waals surface area contributed by atoms with Crippen molar-refractivity contribution < 1.29 is 0 Å². The average molecular weight is 714 g/mol. The summed E-state index contributed by atoms with van der Waals surface area (Å²) >= 11 is 0. The minimum atomic E-state index is 0.630. The topological polar surface area (TPSA) is 38.7 Å². The highest BCUT2D eigenvalue weighted by molar-refractivity contribution is 5.97. The van der Waals surface area contributed by atoms with E-state index >= 15 is 0 Å². The van der Waals surface area contributed by atoms with Gasteiger partial charge in [0.1, 0.15) is 0 Å². The molecule has 0 aliphatic carbocycles. The Kier molecular flexibility index (Phi) is 8.51. The Morgan fingerprint density at radius 3 is 1.36 bits per heavy atom. The third kappa shape index (κ3) is 6.42. The van der Waals surface area contributed by atoms with E-state index in [9.17, 15) is 0 Å². The average Bonchev–Trinajstić information content (AvgIpc) is 3.29. The van der Waals surface area contributed by atoms with Crippen LogP contribution in [0, 0.1) is 0 Å². The zero-order valence-electron chi connectivity index (χ0n) is 30.5. The Labute approximate surface area is 326 Å². The molecule has 0 saturated heterocycles. The van der Waals surface area contributed by atoms with Crippen molar-refractivity contribution in [3.8, 4) is 78.7 Å². The zero-order chi connectivity index (χ0) is 37.3. The van der Waals surface area contributed by atoms with Gasteiger partial charge in [0.15, 0.2) is 17.5 Å². The number of aromatic nitrogens is 3. The SMILES string of the molecule is c1ccc(-c2ccc(-c3nc(-c4ccc5cc(-c6ccccc6)ccc5c4)nc(-c4ccccc4-c4ccc(-c5cccc6ccccc56)cc4)n3)cc2)cc1. The first-order valence-corrected chi connectivity index (χ1v) is 18.9. The molecule has 0 amide bonds. The second kappa shape index (κ2) is 14.4. The largest absolute Gasteiger partial charge is 0.208 e. The van der Waals surface area contributed by atoms with Crippen LogP contribution in [-0.2, 0) is 0 Å². The van der Waals surface area contributed by atoms with Crippen LogP contribution in [0.15, 0.2) is 212 Å². The molecular formula is C53H35N3. The van der Waals surface area contributed by atoms with Gasteiger partial charge in [0.05, 0.1) is 0 Å². The summed E-state index contributed by atoms with van der Waals surface area (Å²) in [5.41, 5.74) is 12.1. The minimum absolute atomic E-state index is 0.630. The molecule has 0 atom stereocenters. The van der Waals surface area contributed by atoms with Crippen molar-refractivity contribution in [2.45, 2.75) is 0 Å². The lowest BCUT2D eigenvalue weighted by Gasteiger charge is -2.13. The van der Waals surface area contributed by atoms with E-state index in [1.165, 1.54) is 44.0 Å². The number of hydrogen-bond acceptors (Lipinski definition) is 3. The van der Waals surface area contributed by atoms with Crippen molar-refractivity contribution >= 4 is 21.5 Å². The summed E-state index contributed by atoms with van der Waals surface area (Å²) in [5, 5.41) is 4.78. The maximum atomic E-state index is 5.20. The third-order valence-corrected chi connectivity index (χ3v) is 10.6. The molecule has 1 heterocycles. The van der Waals surface area contributed by atoms with E-state index in [1.54, 1.807) is 0 Å². The van der Waals surface area contributed by atoms with Gasteiger partial charge in [0, 0.05) is 16.7 Å². The first-order chi connectivity index (χ1) is 27.7. The van der Waals surface area contributed by atoms with Crippen molar-refractivity contribution in [1.82, 2.24) is 15.0 Å². The summed E-state index contributed by atoms with van der Waals surface area (Å²) < 4.78 is 0. The Morgan fingerprint density at radius 1 is 0.214 bits per heavy atom. The second-order valence-corrected chi connectivity index (χ2v) is 14.0. The standard InChI is InChI=1S/C53H35N3/c1-3-12-36(13-4-1)38-22-28-42(29-23-38)51-54-52(46-33-32-44-34-43(30-31-45(44)35-46)37-14-5-2-6-15-37)56-53(55-51)50-20-10-9-19-49(50)41-26-24-40(25-27-41)48-21-11-17-39-16-7-8-18-47(39)48/h1-35H. The minimum Gasteiger partial charge on any atom is -0.208 e. The molecule has 0 saturated carbocycles. The zero-order valence-corrected chi connectivity index (χ0v) is 30.5. The summed E-state index contributed by atoms with van der Waals surface area (Å²) in [6.45, 7) is 0. The molecule has 0 radical (unpaired) electrons. The summed E-state index contributed by atoms with van der Waals surface area (Å²) in [6.07, 6.45) is 0. The first-order valence-electron chi connectivity index (χ1n) is 18.9. The molecule has 3 heteroatoms. The van der Waals surface area contributed by atoms with Gasteiger partial charge in [-0.15, -0.1) is 0 Å². The fourth-order valence-electron chi connectivity index (χ4n) is 7.63. The first kappa shape index (κ1) is 33.1. The highest BCUT2D eigenvalue weighted by Gasteiger charge is 2.17. The van der Waals surface area contributed by atoms with E-state index < -0.39 is 0 Å². The molecule has 262 valence electrons. The molecule has 0 aliphatic rings. The van der Waals surface area contributed by atoms with Gasteiger partial charge in [-0.05, 0) is 78.2 Å². The van der Waals surface area contributed by atoms with Crippen LogP contribution in [0.25, 0.3) is 100 Å². The van der Waals surface area contributed by atoms with Crippen molar-refractivity contribution in [3.63, 3.8) is 0 Å².